The average Bonchev–Trinajstić information content (AvgIpc) is 2.88. The van der Waals surface area contributed by atoms with Crippen molar-refractivity contribution in [2.45, 2.75) is 32.7 Å². The van der Waals surface area contributed by atoms with Crippen LogP contribution in [-0.4, -0.2) is 26.6 Å². The van der Waals surface area contributed by atoms with E-state index in [4.69, 9.17) is 0 Å². The first kappa shape index (κ1) is 15.2. The molecule has 1 aliphatic heterocycles. The number of para-hydroxylation sites is 1. The Balaban J connectivity index is 1.84. The summed E-state index contributed by atoms with van der Waals surface area (Å²) in [6.45, 7) is 4.14. The highest BCUT2D eigenvalue weighted by molar-refractivity contribution is 6.00. The molecule has 0 spiro atoms. The number of hydrogen-bond acceptors (Lipinski definition) is 4. The predicted molar refractivity (Wildman–Crippen MR) is 85.9 cm³/mol. The standard InChI is InChI=1S/C16H19N5O2/c1-10(2)8-13-18-16-19-14(22)9-12(21(16)20-13)15(23)17-11-6-4-3-5-7-11/h3-7,10,12H,8-9H2,1-2H3,(H,17,23)(H,18,19,20,22)/t12-/m1/s1. The van der Waals surface area contributed by atoms with E-state index in [1.165, 1.54) is 4.68 Å². The van der Waals surface area contributed by atoms with E-state index in [0.717, 1.165) is 0 Å². The molecule has 0 fully saturated rings. The minimum atomic E-state index is -0.688. The van der Waals surface area contributed by atoms with Gasteiger partial charge >= 0.3 is 0 Å². The summed E-state index contributed by atoms with van der Waals surface area (Å²) in [7, 11) is 0. The lowest BCUT2D eigenvalue weighted by Crippen LogP contribution is -2.36. The number of benzene rings is 1. The average molecular weight is 313 g/mol. The second-order valence-electron chi connectivity index (χ2n) is 6.02. The van der Waals surface area contributed by atoms with E-state index in [-0.39, 0.29) is 18.2 Å². The van der Waals surface area contributed by atoms with E-state index < -0.39 is 6.04 Å². The SMILES string of the molecule is CC(C)Cc1nc2n(n1)[C@@H](C(=O)Nc1ccccc1)CC(=O)N2. The summed E-state index contributed by atoms with van der Waals surface area (Å²) < 4.78 is 1.51. The quantitative estimate of drug-likeness (QED) is 0.903. The van der Waals surface area contributed by atoms with Gasteiger partial charge in [0, 0.05) is 12.1 Å². The fourth-order valence-electron chi connectivity index (χ4n) is 2.51. The van der Waals surface area contributed by atoms with Crippen LogP contribution in [0.4, 0.5) is 11.6 Å². The summed E-state index contributed by atoms with van der Waals surface area (Å²) in [5.74, 6) is 0.870. The zero-order valence-corrected chi connectivity index (χ0v) is 13.1. The molecule has 1 aliphatic rings. The first-order valence-corrected chi connectivity index (χ1v) is 7.64. The number of nitrogens with zero attached hydrogens (tertiary/aromatic N) is 3. The summed E-state index contributed by atoms with van der Waals surface area (Å²) in [6.07, 6.45) is 0.749. The van der Waals surface area contributed by atoms with Gasteiger partial charge in [0.25, 0.3) is 0 Å². The lowest BCUT2D eigenvalue weighted by atomic mass is 10.1. The van der Waals surface area contributed by atoms with E-state index in [9.17, 15) is 9.59 Å². The maximum absolute atomic E-state index is 12.5. The lowest BCUT2D eigenvalue weighted by Gasteiger charge is -2.22. The number of nitrogens with one attached hydrogen (secondary N) is 2. The Morgan fingerprint density at radius 1 is 1.39 bits per heavy atom. The third kappa shape index (κ3) is 3.39. The van der Waals surface area contributed by atoms with E-state index in [1.54, 1.807) is 12.1 Å². The van der Waals surface area contributed by atoms with Crippen molar-refractivity contribution >= 4 is 23.5 Å². The smallest absolute Gasteiger partial charge is 0.249 e. The molecule has 2 aromatic rings. The molecule has 0 saturated carbocycles. The van der Waals surface area contributed by atoms with Gasteiger partial charge in [-0.25, -0.2) is 4.68 Å². The van der Waals surface area contributed by atoms with Crippen molar-refractivity contribution in [1.82, 2.24) is 14.8 Å². The van der Waals surface area contributed by atoms with Gasteiger partial charge in [-0.05, 0) is 18.1 Å². The first-order valence-electron chi connectivity index (χ1n) is 7.64. The number of amides is 2. The topological polar surface area (TPSA) is 88.9 Å². The summed E-state index contributed by atoms with van der Waals surface area (Å²) >= 11 is 0. The van der Waals surface area contributed by atoms with Crippen molar-refractivity contribution in [3.05, 3.63) is 36.2 Å². The number of fused-ring (bicyclic) bond motifs is 1. The molecule has 0 bridgehead atoms. The monoisotopic (exact) mass is 313 g/mol. The highest BCUT2D eigenvalue weighted by atomic mass is 16.2. The van der Waals surface area contributed by atoms with E-state index >= 15 is 0 Å². The van der Waals surface area contributed by atoms with Gasteiger partial charge < -0.3 is 5.32 Å². The van der Waals surface area contributed by atoms with Crippen LogP contribution in [0.5, 0.6) is 0 Å². The van der Waals surface area contributed by atoms with Crippen LogP contribution in [0.2, 0.25) is 0 Å². The number of carbonyl (C=O) groups excluding carboxylic acids is 2. The molecule has 0 radical (unpaired) electrons. The Bertz CT molecular complexity index is 723. The zero-order chi connectivity index (χ0) is 16.4. The number of aromatic nitrogens is 3. The molecule has 7 heteroatoms. The largest absolute Gasteiger partial charge is 0.324 e. The van der Waals surface area contributed by atoms with Crippen LogP contribution in [0, 0.1) is 5.92 Å². The van der Waals surface area contributed by atoms with Crippen LogP contribution < -0.4 is 10.6 Å². The third-order valence-electron chi connectivity index (χ3n) is 3.54. The molecule has 2 amide bonds. The Hall–Kier alpha value is -2.70. The minimum absolute atomic E-state index is 0.0517. The zero-order valence-electron chi connectivity index (χ0n) is 13.1. The lowest BCUT2D eigenvalue weighted by molar-refractivity contribution is -0.125. The maximum atomic E-state index is 12.5. The Kier molecular flexibility index (Phi) is 4.10. The Morgan fingerprint density at radius 2 is 2.13 bits per heavy atom. The molecule has 120 valence electrons. The van der Waals surface area contributed by atoms with Crippen LogP contribution in [0.3, 0.4) is 0 Å². The van der Waals surface area contributed by atoms with Gasteiger partial charge in [-0.15, -0.1) is 0 Å². The molecular formula is C16H19N5O2. The molecule has 2 heterocycles. The van der Waals surface area contributed by atoms with Crippen LogP contribution in [0.15, 0.2) is 30.3 Å². The number of anilines is 2. The van der Waals surface area contributed by atoms with Crippen molar-refractivity contribution in [3.8, 4) is 0 Å². The van der Waals surface area contributed by atoms with Crippen molar-refractivity contribution in [2.75, 3.05) is 10.6 Å². The molecule has 0 unspecified atom stereocenters. The minimum Gasteiger partial charge on any atom is -0.324 e. The first-order chi connectivity index (χ1) is 11.0. The molecule has 3 rings (SSSR count). The molecule has 0 aliphatic carbocycles. The molecule has 2 N–H and O–H groups in total. The van der Waals surface area contributed by atoms with Crippen molar-refractivity contribution in [2.24, 2.45) is 5.92 Å². The predicted octanol–water partition coefficient (Wildman–Crippen LogP) is 2.00. The maximum Gasteiger partial charge on any atom is 0.249 e. The van der Waals surface area contributed by atoms with Gasteiger partial charge in [-0.1, -0.05) is 32.0 Å². The summed E-state index contributed by atoms with van der Waals surface area (Å²) in [6, 6.07) is 8.46. The summed E-state index contributed by atoms with van der Waals surface area (Å²) in [5, 5.41) is 9.89. The van der Waals surface area contributed by atoms with Gasteiger partial charge in [0.15, 0.2) is 5.82 Å². The van der Waals surface area contributed by atoms with Crippen LogP contribution in [-0.2, 0) is 16.0 Å². The molecule has 1 atom stereocenters. The second kappa shape index (κ2) is 6.20. The van der Waals surface area contributed by atoms with Gasteiger partial charge in [0.05, 0.1) is 6.42 Å². The Labute approximate surface area is 134 Å². The van der Waals surface area contributed by atoms with Crippen molar-refractivity contribution in [3.63, 3.8) is 0 Å². The van der Waals surface area contributed by atoms with E-state index in [2.05, 4.69) is 34.6 Å². The molecule has 1 aromatic heterocycles. The highest BCUT2D eigenvalue weighted by Crippen LogP contribution is 2.24. The third-order valence-corrected chi connectivity index (χ3v) is 3.54. The van der Waals surface area contributed by atoms with Crippen LogP contribution >= 0.6 is 0 Å². The second-order valence-corrected chi connectivity index (χ2v) is 6.02. The fourth-order valence-corrected chi connectivity index (χ4v) is 2.51. The van der Waals surface area contributed by atoms with E-state index in [1.807, 2.05) is 18.2 Å². The summed E-state index contributed by atoms with van der Waals surface area (Å²) in [5.41, 5.74) is 0.688. The molecule has 1 aromatic carbocycles. The van der Waals surface area contributed by atoms with Gasteiger partial charge in [-0.2, -0.15) is 10.1 Å². The van der Waals surface area contributed by atoms with Crippen molar-refractivity contribution in [1.29, 1.82) is 0 Å². The molecule has 0 saturated heterocycles. The van der Waals surface area contributed by atoms with Gasteiger partial charge in [0.2, 0.25) is 17.8 Å². The molecular weight excluding hydrogens is 294 g/mol. The van der Waals surface area contributed by atoms with E-state index in [0.29, 0.717) is 29.8 Å². The highest BCUT2D eigenvalue weighted by Gasteiger charge is 2.33. The fraction of sp³-hybridized carbons (Fsp3) is 0.375. The normalized spacial score (nSPS) is 16.8. The number of carbonyl (C=O) groups is 2. The van der Waals surface area contributed by atoms with Crippen molar-refractivity contribution < 1.29 is 9.59 Å². The Morgan fingerprint density at radius 3 is 2.83 bits per heavy atom. The van der Waals surface area contributed by atoms with Crippen LogP contribution in [0.1, 0.15) is 32.1 Å². The van der Waals surface area contributed by atoms with Crippen LogP contribution in [0.25, 0.3) is 0 Å². The number of rotatable bonds is 4. The summed E-state index contributed by atoms with van der Waals surface area (Å²) in [4.78, 5) is 28.7. The molecule has 23 heavy (non-hydrogen) atoms. The number of hydrogen-bond donors (Lipinski definition) is 2. The van der Waals surface area contributed by atoms with Gasteiger partial charge in [0.1, 0.15) is 6.04 Å². The molecule has 7 nitrogen and oxygen atoms in total. The van der Waals surface area contributed by atoms with Gasteiger partial charge in [-0.3, -0.25) is 14.9 Å².